The van der Waals surface area contributed by atoms with Gasteiger partial charge in [0.15, 0.2) is 0 Å². The van der Waals surface area contributed by atoms with E-state index >= 15 is 0 Å². The normalized spacial score (nSPS) is 15.4. The Morgan fingerprint density at radius 2 is 1.58 bits per heavy atom. The van der Waals surface area contributed by atoms with Crippen molar-refractivity contribution in [3.05, 3.63) is 70.7 Å². The second-order valence-electron chi connectivity index (χ2n) is 6.82. The summed E-state index contributed by atoms with van der Waals surface area (Å²) in [7, 11) is 0. The van der Waals surface area contributed by atoms with Crippen LogP contribution < -0.4 is 10.6 Å². The molecule has 0 radical (unpaired) electrons. The highest BCUT2D eigenvalue weighted by Gasteiger charge is 2.35. The minimum absolute atomic E-state index is 0.0234. The molecule has 4 nitrogen and oxygen atoms in total. The van der Waals surface area contributed by atoms with Crippen molar-refractivity contribution in [2.45, 2.75) is 31.1 Å². The number of amides is 2. The Labute approximate surface area is 158 Å². The van der Waals surface area contributed by atoms with Crippen LogP contribution in [0.4, 0.5) is 0 Å². The van der Waals surface area contributed by atoms with Crippen molar-refractivity contribution in [3.8, 4) is 0 Å². The highest BCUT2D eigenvalue weighted by molar-refractivity contribution is 6.30. The Balaban J connectivity index is 1.55. The van der Waals surface area contributed by atoms with Gasteiger partial charge in [-0.05, 0) is 42.7 Å². The van der Waals surface area contributed by atoms with Gasteiger partial charge in [-0.25, -0.2) is 0 Å². The monoisotopic (exact) mass is 370 g/mol. The Morgan fingerprint density at radius 3 is 2.23 bits per heavy atom. The molecule has 3 rings (SSSR count). The van der Waals surface area contributed by atoms with Gasteiger partial charge in [0.2, 0.25) is 5.91 Å². The molecule has 2 aromatic rings. The molecule has 2 N–H and O–H groups in total. The Morgan fingerprint density at radius 1 is 0.923 bits per heavy atom. The molecule has 0 saturated heterocycles. The molecule has 0 atom stereocenters. The van der Waals surface area contributed by atoms with E-state index in [1.54, 1.807) is 24.3 Å². The molecule has 2 aromatic carbocycles. The van der Waals surface area contributed by atoms with Gasteiger partial charge in [0, 0.05) is 22.5 Å². The summed E-state index contributed by atoms with van der Waals surface area (Å²) in [5.74, 6) is -0.413. The van der Waals surface area contributed by atoms with Gasteiger partial charge in [-0.15, -0.1) is 0 Å². The van der Waals surface area contributed by atoms with Crippen molar-refractivity contribution in [1.82, 2.24) is 10.6 Å². The fraction of sp³-hybridized carbons (Fsp3) is 0.333. The van der Waals surface area contributed by atoms with E-state index in [9.17, 15) is 9.59 Å². The third kappa shape index (κ3) is 4.44. The molecule has 5 heteroatoms. The van der Waals surface area contributed by atoms with Crippen molar-refractivity contribution in [3.63, 3.8) is 0 Å². The summed E-state index contributed by atoms with van der Waals surface area (Å²) in [4.78, 5) is 24.2. The first-order chi connectivity index (χ1) is 12.6. The van der Waals surface area contributed by atoms with Crippen LogP contribution in [-0.2, 0) is 10.2 Å². The van der Waals surface area contributed by atoms with Gasteiger partial charge in [0.05, 0.1) is 6.54 Å². The molecule has 0 unspecified atom stereocenters. The molecule has 1 aliphatic carbocycles. The summed E-state index contributed by atoms with van der Waals surface area (Å²) in [5.41, 5.74) is 1.73. The van der Waals surface area contributed by atoms with Crippen LogP contribution in [0.1, 0.15) is 41.6 Å². The summed E-state index contributed by atoms with van der Waals surface area (Å²) in [6.07, 6.45) is 4.41. The van der Waals surface area contributed by atoms with E-state index in [-0.39, 0.29) is 23.8 Å². The first-order valence-corrected chi connectivity index (χ1v) is 9.33. The van der Waals surface area contributed by atoms with E-state index in [0.717, 1.165) is 30.7 Å². The van der Waals surface area contributed by atoms with Crippen LogP contribution in [0.25, 0.3) is 0 Å². The van der Waals surface area contributed by atoms with Crippen LogP contribution in [0.5, 0.6) is 0 Å². The predicted octanol–water partition coefficient (Wildman–Crippen LogP) is 3.70. The largest absolute Gasteiger partial charge is 0.354 e. The zero-order chi connectivity index (χ0) is 18.4. The molecule has 0 heterocycles. The summed E-state index contributed by atoms with van der Waals surface area (Å²) in [6.45, 7) is 0.555. The van der Waals surface area contributed by atoms with Gasteiger partial charge in [0.25, 0.3) is 5.91 Å². The summed E-state index contributed by atoms with van der Waals surface area (Å²) in [5, 5.41) is 6.38. The quantitative estimate of drug-likeness (QED) is 0.814. The lowest BCUT2D eigenvalue weighted by atomic mass is 9.79. The van der Waals surface area contributed by atoms with Crippen molar-refractivity contribution in [2.75, 3.05) is 13.1 Å². The molecular weight excluding hydrogens is 348 g/mol. The number of halogens is 1. The van der Waals surface area contributed by atoms with Crippen LogP contribution in [0, 0.1) is 0 Å². The highest BCUT2D eigenvalue weighted by atomic mass is 35.5. The molecular formula is C21H23ClN2O2. The standard InChI is InChI=1S/C21H23ClN2O2/c22-18-10-8-17(9-11-18)21(12-4-5-13-21)15-24-19(25)14-23-20(26)16-6-2-1-3-7-16/h1-3,6-11H,4-5,12-15H2,(H,23,26)(H,24,25). The lowest BCUT2D eigenvalue weighted by molar-refractivity contribution is -0.120. The van der Waals surface area contributed by atoms with Crippen LogP contribution in [0.2, 0.25) is 5.02 Å². The van der Waals surface area contributed by atoms with Gasteiger partial charge >= 0.3 is 0 Å². The van der Waals surface area contributed by atoms with Gasteiger partial charge in [-0.2, -0.15) is 0 Å². The zero-order valence-corrected chi connectivity index (χ0v) is 15.4. The molecule has 0 spiro atoms. The number of hydrogen-bond donors (Lipinski definition) is 2. The average molecular weight is 371 g/mol. The SMILES string of the molecule is O=C(CNC(=O)c1ccccc1)NCC1(c2ccc(Cl)cc2)CCCC1. The molecule has 0 bridgehead atoms. The Bertz CT molecular complexity index is 753. The third-order valence-electron chi connectivity index (χ3n) is 5.09. The number of nitrogens with one attached hydrogen (secondary N) is 2. The summed E-state index contributed by atoms with van der Waals surface area (Å²) >= 11 is 6.00. The Hall–Kier alpha value is -2.33. The van der Waals surface area contributed by atoms with Crippen molar-refractivity contribution >= 4 is 23.4 Å². The maximum atomic E-state index is 12.2. The van der Waals surface area contributed by atoms with E-state index in [1.165, 1.54) is 5.56 Å². The van der Waals surface area contributed by atoms with E-state index in [4.69, 9.17) is 11.6 Å². The molecule has 26 heavy (non-hydrogen) atoms. The number of rotatable bonds is 6. The second kappa shape index (κ2) is 8.37. The molecule has 2 amide bonds. The number of carbonyl (C=O) groups excluding carboxylic acids is 2. The molecule has 1 saturated carbocycles. The van der Waals surface area contributed by atoms with Crippen LogP contribution in [-0.4, -0.2) is 24.9 Å². The van der Waals surface area contributed by atoms with Gasteiger partial charge < -0.3 is 10.6 Å². The Kier molecular flexibility index (Phi) is 5.94. The fourth-order valence-electron chi connectivity index (χ4n) is 3.61. The number of benzene rings is 2. The van der Waals surface area contributed by atoms with Crippen molar-refractivity contribution < 1.29 is 9.59 Å². The summed E-state index contributed by atoms with van der Waals surface area (Å²) in [6, 6.07) is 16.8. The molecule has 1 fully saturated rings. The fourth-order valence-corrected chi connectivity index (χ4v) is 3.73. The number of carbonyl (C=O) groups is 2. The smallest absolute Gasteiger partial charge is 0.251 e. The highest BCUT2D eigenvalue weighted by Crippen LogP contribution is 2.40. The lowest BCUT2D eigenvalue weighted by Crippen LogP contribution is -2.43. The third-order valence-corrected chi connectivity index (χ3v) is 5.34. The molecule has 1 aliphatic rings. The van der Waals surface area contributed by atoms with Crippen LogP contribution in [0.3, 0.4) is 0 Å². The zero-order valence-electron chi connectivity index (χ0n) is 14.6. The van der Waals surface area contributed by atoms with E-state index in [0.29, 0.717) is 12.1 Å². The van der Waals surface area contributed by atoms with E-state index in [1.807, 2.05) is 18.2 Å². The first kappa shape index (κ1) is 18.5. The molecule has 0 aromatic heterocycles. The van der Waals surface area contributed by atoms with Gasteiger partial charge in [0.1, 0.15) is 0 Å². The van der Waals surface area contributed by atoms with Gasteiger partial charge in [-0.3, -0.25) is 9.59 Å². The van der Waals surface area contributed by atoms with Crippen LogP contribution >= 0.6 is 11.6 Å². The minimum atomic E-state index is -0.242. The topological polar surface area (TPSA) is 58.2 Å². The van der Waals surface area contributed by atoms with Crippen LogP contribution in [0.15, 0.2) is 54.6 Å². The number of hydrogen-bond acceptors (Lipinski definition) is 2. The lowest BCUT2D eigenvalue weighted by Gasteiger charge is -2.30. The predicted molar refractivity (Wildman–Crippen MR) is 103 cm³/mol. The molecule has 0 aliphatic heterocycles. The summed E-state index contributed by atoms with van der Waals surface area (Å²) < 4.78 is 0. The minimum Gasteiger partial charge on any atom is -0.354 e. The van der Waals surface area contributed by atoms with Crippen molar-refractivity contribution in [1.29, 1.82) is 0 Å². The average Bonchev–Trinajstić information content (AvgIpc) is 3.16. The second-order valence-corrected chi connectivity index (χ2v) is 7.26. The van der Waals surface area contributed by atoms with Gasteiger partial charge in [-0.1, -0.05) is 54.8 Å². The molecule has 136 valence electrons. The van der Waals surface area contributed by atoms with Crippen molar-refractivity contribution in [2.24, 2.45) is 0 Å². The maximum Gasteiger partial charge on any atom is 0.251 e. The first-order valence-electron chi connectivity index (χ1n) is 8.95. The van der Waals surface area contributed by atoms with E-state index < -0.39 is 0 Å². The maximum absolute atomic E-state index is 12.2. The van der Waals surface area contributed by atoms with E-state index in [2.05, 4.69) is 22.8 Å².